The number of aromatic hydroxyl groups is 1. The van der Waals surface area contributed by atoms with Gasteiger partial charge in [0.25, 0.3) is 0 Å². The van der Waals surface area contributed by atoms with E-state index in [-0.39, 0.29) is 0 Å². The van der Waals surface area contributed by atoms with Gasteiger partial charge in [-0.2, -0.15) is 0 Å². The van der Waals surface area contributed by atoms with E-state index in [4.69, 9.17) is 4.99 Å². The SMILES string of the molecule is CCNC(=NCCc1cccc(O)c1)NC1CCN(CC2CCCC2)C1. The number of nitrogens with zero attached hydrogens (tertiary/aromatic N) is 2. The summed E-state index contributed by atoms with van der Waals surface area (Å²) in [5, 5.41) is 16.5. The van der Waals surface area contributed by atoms with Gasteiger partial charge >= 0.3 is 0 Å². The maximum atomic E-state index is 9.56. The number of aliphatic imine (C=N–C) groups is 1. The first-order chi connectivity index (χ1) is 12.7. The van der Waals surface area contributed by atoms with Gasteiger partial charge in [0, 0.05) is 38.8 Å². The zero-order valence-corrected chi connectivity index (χ0v) is 16.1. The third kappa shape index (κ3) is 5.90. The standard InChI is InChI=1S/C21H34N4O/c1-2-22-21(23-12-10-17-8-5-9-20(26)14-17)24-19-11-13-25(16-19)15-18-6-3-4-7-18/h5,8-9,14,18-19,26H,2-4,6-7,10-13,15-16H2,1H3,(H2,22,23,24). The average Bonchev–Trinajstić information content (AvgIpc) is 3.28. The largest absolute Gasteiger partial charge is 0.508 e. The van der Waals surface area contributed by atoms with E-state index in [0.29, 0.717) is 11.8 Å². The van der Waals surface area contributed by atoms with E-state index in [9.17, 15) is 5.11 Å². The number of nitrogens with one attached hydrogen (secondary N) is 2. The van der Waals surface area contributed by atoms with Crippen LogP contribution >= 0.6 is 0 Å². The number of hydrogen-bond acceptors (Lipinski definition) is 3. The molecule has 1 aromatic rings. The van der Waals surface area contributed by atoms with E-state index in [2.05, 4.69) is 22.5 Å². The number of rotatable bonds is 7. The van der Waals surface area contributed by atoms with Crippen molar-refractivity contribution >= 4 is 5.96 Å². The Morgan fingerprint density at radius 2 is 2.12 bits per heavy atom. The second-order valence-corrected chi connectivity index (χ2v) is 7.72. The molecule has 0 spiro atoms. The molecule has 2 fully saturated rings. The van der Waals surface area contributed by atoms with Gasteiger partial charge in [-0.3, -0.25) is 4.99 Å². The molecule has 1 aromatic carbocycles. The molecule has 1 aliphatic heterocycles. The zero-order chi connectivity index (χ0) is 18.2. The fourth-order valence-electron chi connectivity index (χ4n) is 4.20. The smallest absolute Gasteiger partial charge is 0.191 e. The fourth-order valence-corrected chi connectivity index (χ4v) is 4.20. The van der Waals surface area contributed by atoms with Crippen LogP contribution in [0.1, 0.15) is 44.6 Å². The Hall–Kier alpha value is -1.75. The first-order valence-corrected chi connectivity index (χ1v) is 10.3. The van der Waals surface area contributed by atoms with Gasteiger partial charge in [-0.1, -0.05) is 25.0 Å². The van der Waals surface area contributed by atoms with Crippen LogP contribution in [0.2, 0.25) is 0 Å². The van der Waals surface area contributed by atoms with Gasteiger partial charge in [0.2, 0.25) is 0 Å². The van der Waals surface area contributed by atoms with E-state index in [1.165, 1.54) is 45.2 Å². The Morgan fingerprint density at radius 3 is 2.88 bits per heavy atom. The van der Waals surface area contributed by atoms with Gasteiger partial charge in [-0.05, 0) is 56.2 Å². The summed E-state index contributed by atoms with van der Waals surface area (Å²) in [4.78, 5) is 7.35. The van der Waals surface area contributed by atoms with E-state index >= 15 is 0 Å². The molecule has 1 unspecified atom stereocenters. The van der Waals surface area contributed by atoms with Gasteiger partial charge in [-0.15, -0.1) is 0 Å². The third-order valence-corrected chi connectivity index (χ3v) is 5.53. The molecule has 1 aliphatic carbocycles. The molecular weight excluding hydrogens is 324 g/mol. The first-order valence-electron chi connectivity index (χ1n) is 10.3. The van der Waals surface area contributed by atoms with Crippen molar-refractivity contribution in [1.82, 2.24) is 15.5 Å². The number of phenolic OH excluding ortho intramolecular Hbond substituents is 1. The quantitative estimate of drug-likeness (QED) is 0.518. The summed E-state index contributed by atoms with van der Waals surface area (Å²) in [6, 6.07) is 7.93. The lowest BCUT2D eigenvalue weighted by molar-refractivity contribution is 0.275. The van der Waals surface area contributed by atoms with Crippen LogP contribution in [-0.2, 0) is 6.42 Å². The van der Waals surface area contributed by atoms with Crippen molar-refractivity contribution in [3.8, 4) is 5.75 Å². The van der Waals surface area contributed by atoms with E-state index in [1.807, 2.05) is 18.2 Å². The van der Waals surface area contributed by atoms with Crippen LogP contribution < -0.4 is 10.6 Å². The summed E-state index contributed by atoms with van der Waals surface area (Å²) < 4.78 is 0. The van der Waals surface area contributed by atoms with Gasteiger partial charge in [-0.25, -0.2) is 0 Å². The predicted octanol–water partition coefficient (Wildman–Crippen LogP) is 2.75. The summed E-state index contributed by atoms with van der Waals surface area (Å²) in [6.45, 7) is 7.31. The number of hydrogen-bond donors (Lipinski definition) is 3. The molecule has 1 heterocycles. The highest BCUT2D eigenvalue weighted by atomic mass is 16.3. The molecule has 5 heteroatoms. The maximum absolute atomic E-state index is 9.56. The molecule has 144 valence electrons. The van der Waals surface area contributed by atoms with Crippen molar-refractivity contribution in [2.45, 2.75) is 51.5 Å². The minimum atomic E-state index is 0.324. The highest BCUT2D eigenvalue weighted by Gasteiger charge is 2.26. The molecule has 5 nitrogen and oxygen atoms in total. The Morgan fingerprint density at radius 1 is 1.27 bits per heavy atom. The van der Waals surface area contributed by atoms with Gasteiger partial charge < -0.3 is 20.6 Å². The Labute approximate surface area is 157 Å². The van der Waals surface area contributed by atoms with Gasteiger partial charge in [0.05, 0.1) is 0 Å². The maximum Gasteiger partial charge on any atom is 0.191 e. The van der Waals surface area contributed by atoms with Gasteiger partial charge in [0.15, 0.2) is 5.96 Å². The summed E-state index contributed by atoms with van der Waals surface area (Å²) in [5.74, 6) is 2.17. The molecule has 1 atom stereocenters. The van der Waals surface area contributed by atoms with E-state index < -0.39 is 0 Å². The molecule has 1 saturated heterocycles. The second kappa shape index (κ2) is 9.81. The molecule has 3 rings (SSSR count). The van der Waals surface area contributed by atoms with Crippen molar-refractivity contribution in [3.05, 3.63) is 29.8 Å². The fraction of sp³-hybridized carbons (Fsp3) is 0.667. The molecule has 1 saturated carbocycles. The molecule has 2 aliphatic rings. The van der Waals surface area contributed by atoms with E-state index in [1.54, 1.807) is 6.07 Å². The summed E-state index contributed by atoms with van der Waals surface area (Å²) >= 11 is 0. The van der Waals surface area contributed by atoms with Crippen molar-refractivity contribution in [1.29, 1.82) is 0 Å². The van der Waals surface area contributed by atoms with Crippen LogP contribution in [-0.4, -0.2) is 54.7 Å². The summed E-state index contributed by atoms with van der Waals surface area (Å²) in [6.07, 6.45) is 7.74. The molecule has 0 bridgehead atoms. The number of guanidine groups is 1. The first kappa shape index (κ1) is 19.0. The summed E-state index contributed by atoms with van der Waals surface area (Å²) in [7, 11) is 0. The van der Waals surface area contributed by atoms with Crippen LogP contribution in [0.25, 0.3) is 0 Å². The number of likely N-dealkylation sites (tertiary alicyclic amines) is 1. The van der Waals surface area contributed by atoms with Crippen molar-refractivity contribution in [3.63, 3.8) is 0 Å². The minimum absolute atomic E-state index is 0.324. The second-order valence-electron chi connectivity index (χ2n) is 7.72. The monoisotopic (exact) mass is 358 g/mol. The van der Waals surface area contributed by atoms with Crippen LogP contribution in [0.5, 0.6) is 5.75 Å². The molecule has 0 amide bonds. The molecule has 26 heavy (non-hydrogen) atoms. The van der Waals surface area contributed by atoms with Crippen LogP contribution in [0, 0.1) is 5.92 Å². The molecule has 0 aromatic heterocycles. The Kier molecular flexibility index (Phi) is 7.18. The van der Waals surface area contributed by atoms with Crippen molar-refractivity contribution < 1.29 is 5.11 Å². The van der Waals surface area contributed by atoms with Crippen molar-refractivity contribution in [2.75, 3.05) is 32.7 Å². The lowest BCUT2D eigenvalue weighted by Crippen LogP contribution is -2.45. The van der Waals surface area contributed by atoms with Crippen LogP contribution in [0.4, 0.5) is 0 Å². The summed E-state index contributed by atoms with van der Waals surface area (Å²) in [5.41, 5.74) is 1.12. The Bertz CT molecular complexity index is 583. The molecular formula is C21H34N4O. The highest BCUT2D eigenvalue weighted by Crippen LogP contribution is 2.26. The Balaban J connectivity index is 1.45. The van der Waals surface area contributed by atoms with Gasteiger partial charge in [0.1, 0.15) is 5.75 Å². The zero-order valence-electron chi connectivity index (χ0n) is 16.1. The number of benzene rings is 1. The third-order valence-electron chi connectivity index (χ3n) is 5.53. The average molecular weight is 359 g/mol. The lowest BCUT2D eigenvalue weighted by Gasteiger charge is -2.21. The molecule has 3 N–H and O–H groups in total. The normalized spacial score (nSPS) is 22.0. The lowest BCUT2D eigenvalue weighted by atomic mass is 10.1. The van der Waals surface area contributed by atoms with Crippen molar-refractivity contribution in [2.24, 2.45) is 10.9 Å². The topological polar surface area (TPSA) is 59.9 Å². The predicted molar refractivity (Wildman–Crippen MR) is 108 cm³/mol. The molecule has 0 radical (unpaired) electrons. The van der Waals surface area contributed by atoms with E-state index in [0.717, 1.165) is 43.5 Å². The minimum Gasteiger partial charge on any atom is -0.508 e. The van der Waals surface area contributed by atoms with Crippen LogP contribution in [0.3, 0.4) is 0 Å². The van der Waals surface area contributed by atoms with Crippen LogP contribution in [0.15, 0.2) is 29.3 Å². The number of phenols is 1. The highest BCUT2D eigenvalue weighted by molar-refractivity contribution is 5.80.